The minimum atomic E-state index is -0.107. The van der Waals surface area contributed by atoms with E-state index in [0.717, 1.165) is 18.8 Å². The molecule has 4 heteroatoms. The summed E-state index contributed by atoms with van der Waals surface area (Å²) in [6.07, 6.45) is 4.88. The van der Waals surface area contributed by atoms with Gasteiger partial charge in [0.25, 0.3) is 5.56 Å². The first-order valence-electron chi connectivity index (χ1n) is 5.86. The van der Waals surface area contributed by atoms with Gasteiger partial charge in [-0.2, -0.15) is 0 Å². The third-order valence-corrected chi connectivity index (χ3v) is 3.19. The summed E-state index contributed by atoms with van der Waals surface area (Å²) in [5, 5.41) is 4.07. The van der Waals surface area contributed by atoms with E-state index < -0.39 is 0 Å². The van der Waals surface area contributed by atoms with Crippen LogP contribution in [0.25, 0.3) is 0 Å². The maximum Gasteiger partial charge on any atom is 0.266 e. The molecule has 0 radical (unpaired) electrons. The van der Waals surface area contributed by atoms with Crippen molar-refractivity contribution in [3.05, 3.63) is 22.5 Å². The predicted molar refractivity (Wildman–Crippen MR) is 61.5 cm³/mol. The number of hydrogen-bond donors (Lipinski definition) is 0. The molecule has 0 amide bonds. The van der Waals surface area contributed by atoms with Gasteiger partial charge < -0.3 is 4.74 Å². The Morgan fingerprint density at radius 1 is 1.31 bits per heavy atom. The first-order valence-corrected chi connectivity index (χ1v) is 5.86. The van der Waals surface area contributed by atoms with Gasteiger partial charge in [-0.3, -0.25) is 4.79 Å². The summed E-state index contributed by atoms with van der Waals surface area (Å²) >= 11 is 0. The monoisotopic (exact) mass is 222 g/mol. The Labute approximate surface area is 95.2 Å². The Kier molecular flexibility index (Phi) is 3.27. The highest BCUT2D eigenvalue weighted by molar-refractivity contribution is 5.07. The molecular weight excluding hydrogens is 204 g/mol. The molecule has 0 N–H and O–H groups in total. The van der Waals surface area contributed by atoms with Crippen LogP contribution >= 0.6 is 0 Å². The number of rotatable bonds is 2. The van der Waals surface area contributed by atoms with E-state index in [2.05, 4.69) is 12.0 Å². The zero-order valence-electron chi connectivity index (χ0n) is 9.85. The fraction of sp³-hybridized carbons (Fsp3) is 0.667. The fourth-order valence-corrected chi connectivity index (χ4v) is 2.06. The van der Waals surface area contributed by atoms with Crippen molar-refractivity contribution in [1.29, 1.82) is 0 Å². The summed E-state index contributed by atoms with van der Waals surface area (Å²) in [5.41, 5.74) is -0.107. The second-order valence-corrected chi connectivity index (χ2v) is 4.63. The first kappa shape index (κ1) is 11.2. The minimum absolute atomic E-state index is 0.107. The van der Waals surface area contributed by atoms with E-state index in [-0.39, 0.29) is 11.7 Å². The van der Waals surface area contributed by atoms with Crippen molar-refractivity contribution in [3.63, 3.8) is 0 Å². The summed E-state index contributed by atoms with van der Waals surface area (Å²) < 4.78 is 7.07. The maximum absolute atomic E-state index is 11.2. The second-order valence-electron chi connectivity index (χ2n) is 4.63. The molecule has 1 saturated carbocycles. The number of hydrogen-bond acceptors (Lipinski definition) is 3. The molecule has 0 saturated heterocycles. The third kappa shape index (κ3) is 2.62. The van der Waals surface area contributed by atoms with Crippen LogP contribution in [0.2, 0.25) is 0 Å². The lowest BCUT2D eigenvalue weighted by Crippen LogP contribution is -2.25. The van der Waals surface area contributed by atoms with Gasteiger partial charge >= 0.3 is 0 Å². The molecule has 0 atom stereocenters. The van der Waals surface area contributed by atoms with E-state index >= 15 is 0 Å². The lowest BCUT2D eigenvalue weighted by Gasteiger charge is -2.26. The van der Waals surface area contributed by atoms with Gasteiger partial charge in [0.2, 0.25) is 5.88 Å². The van der Waals surface area contributed by atoms with Gasteiger partial charge in [-0.15, -0.1) is 5.10 Å². The van der Waals surface area contributed by atoms with Crippen LogP contribution < -0.4 is 10.3 Å². The Morgan fingerprint density at radius 2 is 2.00 bits per heavy atom. The van der Waals surface area contributed by atoms with Gasteiger partial charge in [-0.25, -0.2) is 4.68 Å². The highest BCUT2D eigenvalue weighted by Crippen LogP contribution is 2.26. The van der Waals surface area contributed by atoms with E-state index in [1.54, 1.807) is 13.1 Å². The Bertz CT molecular complexity index is 406. The fourth-order valence-electron chi connectivity index (χ4n) is 2.06. The quantitative estimate of drug-likeness (QED) is 0.765. The zero-order valence-corrected chi connectivity index (χ0v) is 9.85. The van der Waals surface area contributed by atoms with Crippen molar-refractivity contribution in [3.8, 4) is 5.88 Å². The summed E-state index contributed by atoms with van der Waals surface area (Å²) in [7, 11) is 1.64. The van der Waals surface area contributed by atoms with E-state index in [1.165, 1.54) is 23.6 Å². The van der Waals surface area contributed by atoms with E-state index in [4.69, 9.17) is 4.74 Å². The van der Waals surface area contributed by atoms with Crippen LogP contribution in [0.5, 0.6) is 5.88 Å². The number of ether oxygens (including phenoxy) is 1. The standard InChI is InChI=1S/C12H18N2O2/c1-9-3-5-10(6-4-9)16-11-7-8-12(15)14(2)13-11/h7-10H,3-6H2,1-2H3. The molecule has 0 unspecified atom stereocenters. The van der Waals surface area contributed by atoms with Crippen molar-refractivity contribution in [2.45, 2.75) is 38.7 Å². The van der Waals surface area contributed by atoms with Crippen LogP contribution in [0.1, 0.15) is 32.6 Å². The van der Waals surface area contributed by atoms with Crippen LogP contribution in [0.4, 0.5) is 0 Å². The normalized spacial score (nSPS) is 25.4. The van der Waals surface area contributed by atoms with Gasteiger partial charge in [0.1, 0.15) is 6.10 Å². The summed E-state index contributed by atoms with van der Waals surface area (Å²) in [5.74, 6) is 1.37. The molecule has 1 aliphatic rings. The molecule has 1 heterocycles. The maximum atomic E-state index is 11.2. The summed E-state index contributed by atoms with van der Waals surface area (Å²) in [4.78, 5) is 11.2. The van der Waals surface area contributed by atoms with Crippen molar-refractivity contribution in [2.24, 2.45) is 13.0 Å². The van der Waals surface area contributed by atoms with E-state index in [0.29, 0.717) is 5.88 Å². The minimum Gasteiger partial charge on any atom is -0.473 e. The van der Waals surface area contributed by atoms with Crippen LogP contribution in [0.3, 0.4) is 0 Å². The molecule has 0 aliphatic heterocycles. The molecule has 1 fully saturated rings. The molecule has 1 aromatic heterocycles. The highest BCUT2D eigenvalue weighted by atomic mass is 16.5. The van der Waals surface area contributed by atoms with Gasteiger partial charge in [0, 0.05) is 19.2 Å². The highest BCUT2D eigenvalue weighted by Gasteiger charge is 2.19. The Hall–Kier alpha value is -1.32. The molecule has 1 aliphatic carbocycles. The molecule has 2 rings (SSSR count). The van der Waals surface area contributed by atoms with E-state index in [9.17, 15) is 4.79 Å². The number of aryl methyl sites for hydroxylation is 1. The summed E-state index contributed by atoms with van der Waals surface area (Å²) in [6.45, 7) is 2.28. The SMILES string of the molecule is CC1CCC(Oc2ccc(=O)n(C)n2)CC1. The molecule has 4 nitrogen and oxygen atoms in total. The molecule has 16 heavy (non-hydrogen) atoms. The zero-order chi connectivity index (χ0) is 11.5. The first-order chi connectivity index (χ1) is 7.65. The van der Waals surface area contributed by atoms with Crippen molar-refractivity contribution in [2.75, 3.05) is 0 Å². The van der Waals surface area contributed by atoms with Crippen molar-refractivity contribution in [1.82, 2.24) is 9.78 Å². The molecule has 1 aromatic rings. The molecule has 88 valence electrons. The van der Waals surface area contributed by atoms with E-state index in [1.807, 2.05) is 0 Å². The van der Waals surface area contributed by atoms with Gasteiger partial charge in [0.15, 0.2) is 0 Å². The van der Waals surface area contributed by atoms with Crippen LogP contribution in [-0.4, -0.2) is 15.9 Å². The van der Waals surface area contributed by atoms with Crippen molar-refractivity contribution >= 4 is 0 Å². The lowest BCUT2D eigenvalue weighted by molar-refractivity contribution is 0.127. The predicted octanol–water partition coefficient (Wildman–Crippen LogP) is 1.74. The van der Waals surface area contributed by atoms with Gasteiger partial charge in [-0.05, 0) is 31.6 Å². The van der Waals surface area contributed by atoms with Crippen LogP contribution in [-0.2, 0) is 7.05 Å². The topological polar surface area (TPSA) is 44.1 Å². The third-order valence-electron chi connectivity index (χ3n) is 3.19. The molecule has 0 aromatic carbocycles. The van der Waals surface area contributed by atoms with Crippen LogP contribution in [0, 0.1) is 5.92 Å². The largest absolute Gasteiger partial charge is 0.473 e. The molecule has 0 spiro atoms. The summed E-state index contributed by atoms with van der Waals surface area (Å²) in [6, 6.07) is 3.15. The number of nitrogens with zero attached hydrogens (tertiary/aromatic N) is 2. The second kappa shape index (κ2) is 4.68. The molecule has 0 bridgehead atoms. The Balaban J connectivity index is 1.98. The average Bonchev–Trinajstić information content (AvgIpc) is 2.27. The van der Waals surface area contributed by atoms with Gasteiger partial charge in [-0.1, -0.05) is 6.92 Å². The van der Waals surface area contributed by atoms with Crippen LogP contribution in [0.15, 0.2) is 16.9 Å². The average molecular weight is 222 g/mol. The smallest absolute Gasteiger partial charge is 0.266 e. The molecular formula is C12H18N2O2. The number of aromatic nitrogens is 2. The van der Waals surface area contributed by atoms with Gasteiger partial charge in [0.05, 0.1) is 0 Å². The lowest BCUT2D eigenvalue weighted by atomic mass is 9.89. The van der Waals surface area contributed by atoms with Crippen molar-refractivity contribution < 1.29 is 4.74 Å². The Morgan fingerprint density at radius 3 is 2.62 bits per heavy atom.